The first-order valence-electron chi connectivity index (χ1n) is 2.65. The fraction of sp³-hybridized carbons (Fsp3) is 0. The minimum absolute atomic E-state index is 0.251. The van der Waals surface area contributed by atoms with Crippen LogP contribution in [0.4, 0.5) is 0 Å². The van der Waals surface area contributed by atoms with Crippen LogP contribution in [0.2, 0.25) is 0 Å². The molecule has 0 aliphatic heterocycles. The number of carbonyl (C=O) groups is 1. The number of halogens is 1. The molecule has 0 bridgehead atoms. The fourth-order valence-corrected chi connectivity index (χ4v) is 5.22. The van der Waals surface area contributed by atoms with Gasteiger partial charge in [-0.2, -0.15) is 0 Å². The van der Waals surface area contributed by atoms with Gasteiger partial charge in [-0.1, -0.05) is 0 Å². The third-order valence-electron chi connectivity index (χ3n) is 0.824. The van der Waals surface area contributed by atoms with Gasteiger partial charge in [-0.05, 0) is 0 Å². The first-order chi connectivity index (χ1) is 4.57. The second kappa shape index (κ2) is 5.63. The van der Waals surface area contributed by atoms with Crippen molar-refractivity contribution < 1.29 is 4.79 Å². The quantitative estimate of drug-likeness (QED) is 0.409. The molecule has 1 amide bonds. The van der Waals surface area contributed by atoms with Gasteiger partial charge in [0.2, 0.25) is 0 Å². The average Bonchev–Trinajstić information content (AvgIpc) is 1.81. The van der Waals surface area contributed by atoms with E-state index in [4.69, 9.17) is 5.73 Å². The van der Waals surface area contributed by atoms with E-state index >= 15 is 0 Å². The maximum atomic E-state index is 10.6. The molecule has 10 heavy (non-hydrogen) atoms. The van der Waals surface area contributed by atoms with Crippen molar-refractivity contribution in [2.75, 3.05) is 0 Å². The molecular formula is C5H7AlINOSn. The Bertz CT molecular complexity index is 192. The van der Waals surface area contributed by atoms with Gasteiger partial charge < -0.3 is 0 Å². The van der Waals surface area contributed by atoms with Crippen LogP contribution < -0.4 is 5.73 Å². The molecule has 0 aromatic carbocycles. The summed E-state index contributed by atoms with van der Waals surface area (Å²) in [6.45, 7) is 3.75. The van der Waals surface area contributed by atoms with Crippen LogP contribution in [0, 0.1) is 0 Å². The molecule has 2 radical (unpaired) electrons. The molecule has 0 unspecified atom stereocenters. The molecule has 5 heteroatoms. The zero-order valence-corrected chi connectivity index (χ0v) is 12.7. The Morgan fingerprint density at radius 1 is 1.80 bits per heavy atom. The molecule has 0 atom stereocenters. The van der Waals surface area contributed by atoms with Crippen molar-refractivity contribution in [3.63, 3.8) is 0 Å². The number of amides is 1. The van der Waals surface area contributed by atoms with Gasteiger partial charge in [0.1, 0.15) is 0 Å². The number of hydrogen-bond donors (Lipinski definition) is 1. The third-order valence-corrected chi connectivity index (χ3v) is 7.93. The Hall–Kier alpha value is 1.01. The standard InChI is InChI=1S/C3H3NO.C2H2I.Al.Sn.2H/c1-2-3(4)5;1-2-3;;;;/h1H,(H2,4,5);1H2;;;;. The second-order valence-electron chi connectivity index (χ2n) is 1.60. The molecule has 0 aliphatic carbocycles. The van der Waals surface area contributed by atoms with Crippen LogP contribution in [-0.4, -0.2) is 43.3 Å². The SMILES string of the molecule is C=[C](I)[Sn]/[C](=[CH]/[AlH2])C(N)=O. The van der Waals surface area contributed by atoms with Crippen molar-refractivity contribution >= 4 is 65.9 Å². The molecule has 2 nitrogen and oxygen atoms in total. The molecule has 0 fully saturated rings. The van der Waals surface area contributed by atoms with Crippen molar-refractivity contribution in [2.24, 2.45) is 5.73 Å². The van der Waals surface area contributed by atoms with Gasteiger partial charge in [-0.25, -0.2) is 0 Å². The Kier molecular flexibility index (Phi) is 6.20. The van der Waals surface area contributed by atoms with Gasteiger partial charge in [0.25, 0.3) is 0 Å². The zero-order chi connectivity index (χ0) is 8.15. The van der Waals surface area contributed by atoms with Gasteiger partial charge in [0.15, 0.2) is 0 Å². The number of carbonyl (C=O) groups excluding carboxylic acids is 1. The van der Waals surface area contributed by atoms with Crippen molar-refractivity contribution in [1.82, 2.24) is 0 Å². The third kappa shape index (κ3) is 4.77. The van der Waals surface area contributed by atoms with Crippen molar-refractivity contribution in [3.8, 4) is 0 Å². The fourth-order valence-electron chi connectivity index (χ4n) is 0.422. The van der Waals surface area contributed by atoms with Crippen LogP contribution in [0.25, 0.3) is 0 Å². The van der Waals surface area contributed by atoms with E-state index in [-0.39, 0.29) is 5.91 Å². The summed E-state index contributed by atoms with van der Waals surface area (Å²) in [5.74, 6) is -0.251. The maximum absolute atomic E-state index is 10.6. The van der Waals surface area contributed by atoms with Crippen LogP contribution in [0.15, 0.2) is 16.7 Å². The summed E-state index contributed by atoms with van der Waals surface area (Å²) in [4.78, 5) is 12.6. The molecule has 0 spiro atoms. The molecule has 52 valence electrons. The van der Waals surface area contributed by atoms with E-state index in [1.165, 1.54) is 0 Å². The van der Waals surface area contributed by atoms with Gasteiger partial charge >= 0.3 is 93.2 Å². The normalized spacial score (nSPS) is 11.1. The molecule has 0 aromatic heterocycles. The number of rotatable bonds is 3. The van der Waals surface area contributed by atoms with Gasteiger partial charge in [0.05, 0.1) is 0 Å². The van der Waals surface area contributed by atoms with E-state index in [1.54, 1.807) is 0 Å². The molecular weight excluding hydrogens is 363 g/mol. The van der Waals surface area contributed by atoms with E-state index in [9.17, 15) is 4.79 Å². The topological polar surface area (TPSA) is 43.1 Å². The molecule has 0 aromatic rings. The first kappa shape index (κ1) is 11.0. The second-order valence-corrected chi connectivity index (χ2v) is 10.4. The summed E-state index contributed by atoms with van der Waals surface area (Å²) < 4.78 is 1.97. The predicted molar refractivity (Wildman–Crippen MR) is 54.7 cm³/mol. The summed E-state index contributed by atoms with van der Waals surface area (Å²) in [7, 11) is 0. The number of hydrogen-bond acceptors (Lipinski definition) is 1. The molecule has 2 N–H and O–H groups in total. The molecule has 0 saturated heterocycles. The van der Waals surface area contributed by atoms with Crippen molar-refractivity contribution in [1.29, 1.82) is 0 Å². The van der Waals surface area contributed by atoms with E-state index in [2.05, 4.69) is 29.2 Å². The minimum atomic E-state index is -0.839. The molecule has 0 heterocycles. The van der Waals surface area contributed by atoms with Gasteiger partial charge in [-0.3, -0.25) is 0 Å². The molecule has 0 saturated carbocycles. The summed E-state index contributed by atoms with van der Waals surface area (Å²) in [5.41, 5.74) is 5.11. The van der Waals surface area contributed by atoms with E-state index in [0.717, 1.165) is 21.5 Å². The summed E-state index contributed by atoms with van der Waals surface area (Å²) in [5, 5.41) is 0. The van der Waals surface area contributed by atoms with Crippen molar-refractivity contribution in [2.45, 2.75) is 0 Å². The van der Waals surface area contributed by atoms with E-state index in [0.29, 0.717) is 0 Å². The Labute approximate surface area is 92.1 Å². The average molecular weight is 370 g/mol. The van der Waals surface area contributed by atoms with Crippen LogP contribution in [-0.2, 0) is 4.79 Å². The Morgan fingerprint density at radius 3 is 2.40 bits per heavy atom. The van der Waals surface area contributed by atoms with E-state index < -0.39 is 21.1 Å². The number of primary amides is 1. The Balaban J connectivity index is 4.12. The number of nitrogens with two attached hydrogens (primary N) is 1. The van der Waals surface area contributed by atoms with Gasteiger partial charge in [0, 0.05) is 0 Å². The zero-order valence-electron chi connectivity index (χ0n) is 5.65. The first-order valence-corrected chi connectivity index (χ1v) is 7.74. The van der Waals surface area contributed by atoms with Crippen LogP contribution >= 0.6 is 22.6 Å². The summed E-state index contributed by atoms with van der Waals surface area (Å²) in [6, 6.07) is 0. The van der Waals surface area contributed by atoms with Gasteiger partial charge in [-0.15, -0.1) is 0 Å². The van der Waals surface area contributed by atoms with Crippen LogP contribution in [0.1, 0.15) is 0 Å². The van der Waals surface area contributed by atoms with Crippen LogP contribution in [0.5, 0.6) is 0 Å². The Morgan fingerprint density at radius 2 is 2.30 bits per heavy atom. The van der Waals surface area contributed by atoms with E-state index in [1.807, 2.05) is 4.94 Å². The summed E-state index contributed by atoms with van der Waals surface area (Å²) >= 11 is 2.23. The monoisotopic (exact) mass is 371 g/mol. The molecule has 0 rings (SSSR count). The van der Waals surface area contributed by atoms with Crippen molar-refractivity contribution in [3.05, 3.63) is 16.7 Å². The molecule has 0 aliphatic rings. The van der Waals surface area contributed by atoms with Crippen LogP contribution in [0.3, 0.4) is 0 Å². The summed E-state index contributed by atoms with van der Waals surface area (Å²) in [6.07, 6.45) is 0. The predicted octanol–water partition coefficient (Wildman–Crippen LogP) is -0.443.